The smallest absolute Gasteiger partial charge is 0.210 e. The molecule has 82 valence electrons. The van der Waals surface area contributed by atoms with Gasteiger partial charge in [0.15, 0.2) is 5.82 Å². The molecule has 4 nitrogen and oxygen atoms in total. The van der Waals surface area contributed by atoms with Crippen molar-refractivity contribution >= 4 is 27.6 Å². The first-order valence-electron chi connectivity index (χ1n) is 3.93. The molecule has 0 spiro atoms. The number of hydrogen-bond donors (Lipinski definition) is 3. The van der Waals surface area contributed by atoms with Crippen molar-refractivity contribution in [3.63, 3.8) is 0 Å². The van der Waals surface area contributed by atoms with Gasteiger partial charge in [0.05, 0.1) is 5.69 Å². The largest absolute Gasteiger partial charge is 0.322 e. The lowest BCUT2D eigenvalue weighted by Gasteiger charge is -2.10. The first kappa shape index (κ1) is 11.9. The predicted molar refractivity (Wildman–Crippen MR) is 58.4 cm³/mol. The number of guanidine groups is 1. The number of nitrogens with zero attached hydrogens (tertiary/aromatic N) is 1. The predicted octanol–water partition coefficient (Wildman–Crippen LogP) is 1.59. The summed E-state index contributed by atoms with van der Waals surface area (Å²) < 4.78 is 26.3. The zero-order valence-corrected chi connectivity index (χ0v) is 9.40. The van der Waals surface area contributed by atoms with Gasteiger partial charge in [-0.25, -0.2) is 14.6 Å². The Morgan fingerprint density at radius 2 is 2.13 bits per heavy atom. The molecule has 0 bridgehead atoms. The highest BCUT2D eigenvalue weighted by molar-refractivity contribution is 9.10. The molecular formula is C8H9BrF2N4. The number of benzene rings is 1. The van der Waals surface area contributed by atoms with Crippen LogP contribution in [0.5, 0.6) is 0 Å². The second-order valence-corrected chi connectivity index (χ2v) is 3.44. The lowest BCUT2D eigenvalue weighted by atomic mass is 10.3. The van der Waals surface area contributed by atoms with Gasteiger partial charge in [0, 0.05) is 17.6 Å². The van der Waals surface area contributed by atoms with Gasteiger partial charge in [-0.1, -0.05) is 0 Å². The van der Waals surface area contributed by atoms with Crippen LogP contribution in [-0.4, -0.2) is 13.0 Å². The van der Waals surface area contributed by atoms with Crippen LogP contribution in [-0.2, 0) is 0 Å². The Hall–Kier alpha value is -1.21. The lowest BCUT2D eigenvalue weighted by molar-refractivity contribution is 0.584. The Morgan fingerprint density at radius 3 is 2.60 bits per heavy atom. The van der Waals surface area contributed by atoms with Crippen molar-refractivity contribution in [3.8, 4) is 0 Å². The summed E-state index contributed by atoms with van der Waals surface area (Å²) in [6.45, 7) is 0. The van der Waals surface area contributed by atoms with E-state index in [9.17, 15) is 8.78 Å². The zero-order chi connectivity index (χ0) is 11.4. The molecule has 1 aromatic rings. The number of nitrogens with one attached hydrogen (secondary N) is 2. The third kappa shape index (κ3) is 2.87. The number of rotatable bonds is 1. The van der Waals surface area contributed by atoms with Crippen LogP contribution >= 0.6 is 15.9 Å². The van der Waals surface area contributed by atoms with Crippen LogP contribution in [0.25, 0.3) is 0 Å². The Labute approximate surface area is 93.7 Å². The fourth-order valence-corrected chi connectivity index (χ4v) is 1.44. The molecular weight excluding hydrogens is 270 g/mol. The standard InChI is InChI=1S/C8H9BrF2N4/c1-13-8(15-12)14-7-5(9)2-4(10)3-6(7)11/h2-3H,12H2,1H3,(H2,13,14,15). The molecule has 0 aliphatic heterocycles. The van der Waals surface area contributed by atoms with E-state index in [2.05, 4.69) is 31.7 Å². The van der Waals surface area contributed by atoms with Crippen LogP contribution in [0.2, 0.25) is 0 Å². The van der Waals surface area contributed by atoms with Gasteiger partial charge in [0.1, 0.15) is 5.82 Å². The maximum Gasteiger partial charge on any atom is 0.210 e. The van der Waals surface area contributed by atoms with Crippen molar-refractivity contribution in [1.82, 2.24) is 5.43 Å². The highest BCUT2D eigenvalue weighted by Gasteiger charge is 2.10. The van der Waals surface area contributed by atoms with Crippen molar-refractivity contribution < 1.29 is 8.78 Å². The highest BCUT2D eigenvalue weighted by atomic mass is 79.9. The fraction of sp³-hybridized carbons (Fsp3) is 0.125. The average Bonchev–Trinajstić information content (AvgIpc) is 2.17. The van der Waals surface area contributed by atoms with Crippen molar-refractivity contribution in [3.05, 3.63) is 28.2 Å². The van der Waals surface area contributed by atoms with Crippen molar-refractivity contribution in [2.75, 3.05) is 12.4 Å². The number of hydrogen-bond acceptors (Lipinski definition) is 2. The van der Waals surface area contributed by atoms with Crippen LogP contribution in [0.3, 0.4) is 0 Å². The molecule has 0 atom stereocenters. The topological polar surface area (TPSA) is 62.4 Å². The molecule has 0 saturated heterocycles. The molecule has 15 heavy (non-hydrogen) atoms. The maximum atomic E-state index is 13.3. The van der Waals surface area contributed by atoms with E-state index in [-0.39, 0.29) is 16.1 Å². The number of halogens is 3. The Bertz CT molecular complexity index is 371. The maximum absolute atomic E-state index is 13.3. The molecule has 1 aromatic carbocycles. The summed E-state index contributed by atoms with van der Waals surface area (Å²) in [6, 6.07) is 1.89. The SMILES string of the molecule is CN=C(NN)Nc1c(F)cc(F)cc1Br. The van der Waals surface area contributed by atoms with Crippen LogP contribution in [0.1, 0.15) is 0 Å². The van der Waals surface area contributed by atoms with E-state index in [4.69, 9.17) is 5.84 Å². The summed E-state index contributed by atoms with van der Waals surface area (Å²) in [5, 5.41) is 2.57. The minimum absolute atomic E-state index is 0.0648. The minimum Gasteiger partial charge on any atom is -0.322 e. The van der Waals surface area contributed by atoms with E-state index in [0.29, 0.717) is 0 Å². The van der Waals surface area contributed by atoms with Crippen molar-refractivity contribution in [1.29, 1.82) is 0 Å². The number of hydrazine groups is 1. The number of aliphatic imine (C=N–C) groups is 1. The van der Waals surface area contributed by atoms with E-state index < -0.39 is 11.6 Å². The molecule has 0 aliphatic carbocycles. The van der Waals surface area contributed by atoms with Crippen molar-refractivity contribution in [2.45, 2.75) is 0 Å². The van der Waals surface area contributed by atoms with Crippen LogP contribution in [0, 0.1) is 11.6 Å². The monoisotopic (exact) mass is 278 g/mol. The van der Waals surface area contributed by atoms with Gasteiger partial charge in [-0.3, -0.25) is 10.4 Å². The molecule has 0 heterocycles. The van der Waals surface area contributed by atoms with Gasteiger partial charge in [-0.05, 0) is 22.0 Å². The van der Waals surface area contributed by atoms with E-state index in [1.807, 2.05) is 0 Å². The van der Waals surface area contributed by atoms with Crippen LogP contribution < -0.4 is 16.6 Å². The molecule has 0 amide bonds. The summed E-state index contributed by atoms with van der Waals surface area (Å²) in [5.41, 5.74) is 2.29. The molecule has 0 unspecified atom stereocenters. The van der Waals surface area contributed by atoms with Crippen molar-refractivity contribution in [2.24, 2.45) is 10.8 Å². The minimum atomic E-state index is -0.738. The lowest BCUT2D eigenvalue weighted by Crippen LogP contribution is -2.36. The normalized spacial score (nSPS) is 11.4. The Morgan fingerprint density at radius 1 is 1.47 bits per heavy atom. The Balaban J connectivity index is 3.05. The van der Waals surface area contributed by atoms with Gasteiger partial charge >= 0.3 is 0 Å². The van der Waals surface area contributed by atoms with E-state index >= 15 is 0 Å². The zero-order valence-electron chi connectivity index (χ0n) is 7.81. The van der Waals surface area contributed by atoms with Gasteiger partial charge < -0.3 is 5.32 Å². The van der Waals surface area contributed by atoms with E-state index in [0.717, 1.165) is 12.1 Å². The molecule has 0 saturated carbocycles. The third-order valence-electron chi connectivity index (χ3n) is 1.61. The summed E-state index contributed by atoms with van der Waals surface area (Å²) in [6.07, 6.45) is 0. The van der Waals surface area contributed by atoms with Gasteiger partial charge in [0.25, 0.3) is 0 Å². The fourth-order valence-electron chi connectivity index (χ4n) is 0.937. The van der Waals surface area contributed by atoms with Crippen LogP contribution in [0.15, 0.2) is 21.6 Å². The van der Waals surface area contributed by atoms with Crippen LogP contribution in [0.4, 0.5) is 14.5 Å². The Kier molecular flexibility index (Phi) is 3.98. The van der Waals surface area contributed by atoms with Gasteiger partial charge in [0.2, 0.25) is 5.96 Å². The second-order valence-electron chi connectivity index (χ2n) is 2.59. The quantitative estimate of drug-likeness (QED) is 0.316. The first-order chi connectivity index (χ1) is 7.08. The molecule has 0 aromatic heterocycles. The highest BCUT2D eigenvalue weighted by Crippen LogP contribution is 2.26. The molecule has 4 N–H and O–H groups in total. The average molecular weight is 279 g/mol. The first-order valence-corrected chi connectivity index (χ1v) is 4.72. The summed E-state index contributed by atoms with van der Waals surface area (Å²) >= 11 is 3.02. The second kappa shape index (κ2) is 5.04. The molecule has 0 radical (unpaired) electrons. The molecule has 1 rings (SSSR count). The summed E-state index contributed by atoms with van der Waals surface area (Å²) in [5.74, 6) is 3.87. The van der Waals surface area contributed by atoms with Gasteiger partial charge in [-0.15, -0.1) is 0 Å². The third-order valence-corrected chi connectivity index (χ3v) is 2.24. The number of nitrogens with two attached hydrogens (primary N) is 1. The molecule has 0 fully saturated rings. The van der Waals surface area contributed by atoms with Gasteiger partial charge in [-0.2, -0.15) is 0 Å². The molecule has 0 aliphatic rings. The summed E-state index contributed by atoms with van der Waals surface area (Å²) in [7, 11) is 1.47. The number of anilines is 1. The van der Waals surface area contributed by atoms with E-state index in [1.165, 1.54) is 7.05 Å². The van der Waals surface area contributed by atoms with E-state index in [1.54, 1.807) is 0 Å². The molecule has 7 heteroatoms. The summed E-state index contributed by atoms with van der Waals surface area (Å²) in [4.78, 5) is 3.69.